The van der Waals surface area contributed by atoms with Gasteiger partial charge in [0, 0.05) is 24.9 Å². The van der Waals surface area contributed by atoms with Gasteiger partial charge in [-0.2, -0.15) is 0 Å². The van der Waals surface area contributed by atoms with Crippen molar-refractivity contribution in [1.82, 2.24) is 0 Å². The number of benzene rings is 1. The van der Waals surface area contributed by atoms with E-state index in [1.165, 1.54) is 17.0 Å². The standard InChI is InChI=1S/C12H12FNO3/c1-7-2-3-9(13)10(4-7)14-6-8(12(16)17)5-11(14)15/h2-4,8H,5-6H2,1H3,(H,16,17)/p-1/t8-/m0/s1. The van der Waals surface area contributed by atoms with Gasteiger partial charge >= 0.3 is 0 Å². The van der Waals surface area contributed by atoms with Crippen molar-refractivity contribution in [2.45, 2.75) is 13.3 Å². The molecule has 0 N–H and O–H groups in total. The molecule has 90 valence electrons. The number of anilines is 1. The van der Waals surface area contributed by atoms with Gasteiger partial charge in [0.05, 0.1) is 5.69 Å². The highest BCUT2D eigenvalue weighted by atomic mass is 19.1. The first-order chi connectivity index (χ1) is 7.99. The average molecular weight is 236 g/mol. The summed E-state index contributed by atoms with van der Waals surface area (Å²) < 4.78 is 13.6. The van der Waals surface area contributed by atoms with Gasteiger partial charge < -0.3 is 14.8 Å². The normalized spacial score (nSPS) is 19.8. The molecule has 5 heteroatoms. The van der Waals surface area contributed by atoms with Gasteiger partial charge in [-0.1, -0.05) is 6.07 Å². The summed E-state index contributed by atoms with van der Waals surface area (Å²) in [6.45, 7) is 1.75. The van der Waals surface area contributed by atoms with Crippen molar-refractivity contribution in [2.75, 3.05) is 11.4 Å². The number of amides is 1. The number of halogens is 1. The first kappa shape index (κ1) is 11.6. The molecule has 1 amide bonds. The molecule has 0 spiro atoms. The molecule has 0 bridgehead atoms. The molecule has 1 aliphatic rings. The van der Waals surface area contributed by atoms with Crippen LogP contribution in [-0.2, 0) is 9.59 Å². The summed E-state index contributed by atoms with van der Waals surface area (Å²) in [5, 5.41) is 10.7. The Kier molecular flexibility index (Phi) is 2.83. The predicted octanol–water partition coefficient (Wildman–Crippen LogP) is 0.237. The fourth-order valence-corrected chi connectivity index (χ4v) is 1.93. The Morgan fingerprint density at radius 2 is 2.24 bits per heavy atom. The second-order valence-electron chi connectivity index (χ2n) is 4.18. The Labute approximate surface area is 97.7 Å². The zero-order valence-corrected chi connectivity index (χ0v) is 9.27. The quantitative estimate of drug-likeness (QED) is 0.738. The lowest BCUT2D eigenvalue weighted by atomic mass is 10.1. The Hall–Kier alpha value is -1.91. The number of aryl methyl sites for hydroxylation is 1. The lowest BCUT2D eigenvalue weighted by Crippen LogP contribution is -2.33. The topological polar surface area (TPSA) is 60.4 Å². The Morgan fingerprint density at radius 1 is 1.53 bits per heavy atom. The molecule has 0 unspecified atom stereocenters. The molecule has 1 saturated heterocycles. The van der Waals surface area contributed by atoms with Gasteiger partial charge in [0.25, 0.3) is 0 Å². The van der Waals surface area contributed by atoms with E-state index in [1.54, 1.807) is 13.0 Å². The molecule has 0 aromatic heterocycles. The second kappa shape index (κ2) is 4.16. The Morgan fingerprint density at radius 3 is 2.82 bits per heavy atom. The summed E-state index contributed by atoms with van der Waals surface area (Å²) in [7, 11) is 0. The van der Waals surface area contributed by atoms with Gasteiger partial charge in [-0.3, -0.25) is 4.79 Å². The summed E-state index contributed by atoms with van der Waals surface area (Å²) in [4.78, 5) is 23.5. The summed E-state index contributed by atoms with van der Waals surface area (Å²) in [6.07, 6.45) is -0.129. The molecular formula is C12H11FNO3-. The number of carboxylic acids is 1. The third-order valence-electron chi connectivity index (χ3n) is 2.85. The van der Waals surface area contributed by atoms with E-state index in [1.807, 2.05) is 0 Å². The van der Waals surface area contributed by atoms with E-state index >= 15 is 0 Å². The minimum atomic E-state index is -1.27. The average Bonchev–Trinajstić information content (AvgIpc) is 2.64. The summed E-state index contributed by atoms with van der Waals surface area (Å²) >= 11 is 0. The number of hydrogen-bond donors (Lipinski definition) is 0. The number of carbonyl (C=O) groups is 2. The Balaban J connectivity index is 2.32. The maximum atomic E-state index is 13.6. The lowest BCUT2D eigenvalue weighted by Gasteiger charge is -2.18. The van der Waals surface area contributed by atoms with Crippen molar-refractivity contribution in [3.05, 3.63) is 29.6 Å². The molecule has 4 nitrogen and oxygen atoms in total. The number of carbonyl (C=O) groups excluding carboxylic acids is 2. The van der Waals surface area contributed by atoms with Crippen LogP contribution in [0.5, 0.6) is 0 Å². The summed E-state index contributed by atoms with van der Waals surface area (Å²) in [5.74, 6) is -3.04. The van der Waals surface area contributed by atoms with Gasteiger partial charge in [0.1, 0.15) is 5.82 Å². The molecule has 2 rings (SSSR count). The largest absolute Gasteiger partial charge is 0.550 e. The fraction of sp³-hybridized carbons (Fsp3) is 0.333. The van der Waals surface area contributed by atoms with Gasteiger partial charge in [-0.05, 0) is 24.6 Å². The first-order valence-electron chi connectivity index (χ1n) is 5.26. The molecule has 1 aliphatic heterocycles. The van der Waals surface area contributed by atoms with Crippen LogP contribution in [0.3, 0.4) is 0 Å². The highest BCUT2D eigenvalue weighted by Crippen LogP contribution is 2.27. The molecule has 0 aliphatic carbocycles. The molecule has 1 heterocycles. The van der Waals surface area contributed by atoms with E-state index in [-0.39, 0.29) is 24.6 Å². The fourth-order valence-electron chi connectivity index (χ4n) is 1.93. The van der Waals surface area contributed by atoms with E-state index in [4.69, 9.17) is 0 Å². The zero-order chi connectivity index (χ0) is 12.6. The van der Waals surface area contributed by atoms with Crippen LogP contribution in [0.2, 0.25) is 0 Å². The van der Waals surface area contributed by atoms with E-state index in [0.717, 1.165) is 5.56 Å². The minimum absolute atomic E-state index is 0.0263. The smallest absolute Gasteiger partial charge is 0.227 e. The van der Waals surface area contributed by atoms with Crippen molar-refractivity contribution in [1.29, 1.82) is 0 Å². The third-order valence-corrected chi connectivity index (χ3v) is 2.85. The van der Waals surface area contributed by atoms with Crippen molar-refractivity contribution in [3.63, 3.8) is 0 Å². The second-order valence-corrected chi connectivity index (χ2v) is 4.18. The molecule has 1 atom stereocenters. The van der Waals surface area contributed by atoms with Gasteiger partial charge in [-0.15, -0.1) is 0 Å². The van der Waals surface area contributed by atoms with E-state index < -0.39 is 17.7 Å². The monoisotopic (exact) mass is 236 g/mol. The number of rotatable bonds is 2. The molecule has 0 radical (unpaired) electrons. The maximum Gasteiger partial charge on any atom is 0.227 e. The Bertz CT molecular complexity index is 487. The first-order valence-corrected chi connectivity index (χ1v) is 5.26. The molecule has 17 heavy (non-hydrogen) atoms. The van der Waals surface area contributed by atoms with Crippen LogP contribution >= 0.6 is 0 Å². The summed E-state index contributed by atoms with van der Waals surface area (Å²) in [5.41, 5.74) is 0.949. The number of hydrogen-bond acceptors (Lipinski definition) is 3. The molecule has 1 aromatic carbocycles. The third kappa shape index (κ3) is 2.13. The zero-order valence-electron chi connectivity index (χ0n) is 9.27. The van der Waals surface area contributed by atoms with Gasteiger partial charge in [0.2, 0.25) is 5.91 Å². The molecule has 1 aromatic rings. The lowest BCUT2D eigenvalue weighted by molar-refractivity contribution is -0.310. The SMILES string of the molecule is Cc1ccc(F)c(N2C[C@@H](C(=O)[O-])CC2=O)c1. The number of aliphatic carboxylic acids is 1. The minimum Gasteiger partial charge on any atom is -0.550 e. The highest BCUT2D eigenvalue weighted by Gasteiger charge is 2.32. The van der Waals surface area contributed by atoms with E-state index in [0.29, 0.717) is 0 Å². The van der Waals surface area contributed by atoms with Crippen LogP contribution in [0.25, 0.3) is 0 Å². The van der Waals surface area contributed by atoms with E-state index in [9.17, 15) is 19.1 Å². The van der Waals surface area contributed by atoms with Crippen LogP contribution in [0.15, 0.2) is 18.2 Å². The number of carboxylic acid groups (broad SMARTS) is 1. The summed E-state index contributed by atoms with van der Waals surface area (Å²) in [6, 6.07) is 4.39. The van der Waals surface area contributed by atoms with Gasteiger partial charge in [0.15, 0.2) is 0 Å². The van der Waals surface area contributed by atoms with E-state index in [2.05, 4.69) is 0 Å². The van der Waals surface area contributed by atoms with Crippen LogP contribution in [0, 0.1) is 18.7 Å². The molecule has 0 saturated carbocycles. The van der Waals surface area contributed by atoms with Crippen molar-refractivity contribution in [2.24, 2.45) is 5.92 Å². The van der Waals surface area contributed by atoms with Crippen molar-refractivity contribution < 1.29 is 19.1 Å². The number of nitrogens with zero attached hydrogens (tertiary/aromatic N) is 1. The van der Waals surface area contributed by atoms with Crippen molar-refractivity contribution in [3.8, 4) is 0 Å². The highest BCUT2D eigenvalue weighted by molar-refractivity contribution is 5.99. The van der Waals surface area contributed by atoms with Crippen LogP contribution < -0.4 is 10.0 Å². The molecule has 1 fully saturated rings. The van der Waals surface area contributed by atoms with Crippen molar-refractivity contribution >= 4 is 17.6 Å². The van der Waals surface area contributed by atoms with Crippen LogP contribution in [0.4, 0.5) is 10.1 Å². The maximum absolute atomic E-state index is 13.6. The van der Waals surface area contributed by atoms with Crippen LogP contribution in [0.1, 0.15) is 12.0 Å². The predicted molar refractivity (Wildman–Crippen MR) is 56.6 cm³/mol. The van der Waals surface area contributed by atoms with Gasteiger partial charge in [-0.25, -0.2) is 4.39 Å². The van der Waals surface area contributed by atoms with Crippen LogP contribution in [-0.4, -0.2) is 18.4 Å². The molecular weight excluding hydrogens is 225 g/mol.